The van der Waals surface area contributed by atoms with Gasteiger partial charge in [-0.2, -0.15) is 0 Å². The van der Waals surface area contributed by atoms with Crippen molar-refractivity contribution in [1.82, 2.24) is 4.90 Å². The molecule has 14 heteroatoms. The minimum atomic E-state index is -2.51. The SMILES string of the molecule is C=CC[C@@H]1C=C(C)C[C@H](C)C[C@H](OC)[C@H]2O[C@@](O)(C(=O)C(=O)N3CCCC[C@H]3C(=O)O[C@H](/C(C)=C/C3CC[C@@H](O)[C@H](OC)C3)[C@H](C)[C@@H](O)CC1=O)[C@H](C)C[C@@H]2OC.O. The molecule has 1 unspecified atom stereocenters. The van der Waals surface area contributed by atoms with Gasteiger partial charge in [0.25, 0.3) is 11.7 Å². The van der Waals surface area contributed by atoms with E-state index in [9.17, 15) is 34.5 Å². The number of esters is 1. The number of aliphatic hydroxyl groups is 3. The molecule has 0 spiro atoms. The van der Waals surface area contributed by atoms with Gasteiger partial charge in [0.1, 0.15) is 24.0 Å². The van der Waals surface area contributed by atoms with E-state index in [0.29, 0.717) is 56.9 Å². The molecule has 58 heavy (non-hydrogen) atoms. The molecule has 5 N–H and O–H groups in total. The van der Waals surface area contributed by atoms with Crippen LogP contribution < -0.4 is 0 Å². The Morgan fingerprint density at radius 1 is 0.931 bits per heavy atom. The zero-order valence-corrected chi connectivity index (χ0v) is 35.9. The second kappa shape index (κ2) is 22.1. The summed E-state index contributed by atoms with van der Waals surface area (Å²) < 4.78 is 29.7. The molecule has 2 saturated heterocycles. The predicted octanol–water partition coefficient (Wildman–Crippen LogP) is 3.81. The van der Waals surface area contributed by atoms with Crippen LogP contribution in [0.4, 0.5) is 0 Å². The van der Waals surface area contributed by atoms with Crippen molar-refractivity contribution >= 4 is 23.4 Å². The fourth-order valence-corrected chi connectivity index (χ4v) is 9.42. The van der Waals surface area contributed by atoms with Gasteiger partial charge in [-0.15, -0.1) is 6.58 Å². The van der Waals surface area contributed by atoms with Crippen LogP contribution in [-0.4, -0.2) is 132 Å². The number of fused-ring (bicyclic) bond motifs is 3. The van der Waals surface area contributed by atoms with Crippen molar-refractivity contribution in [2.24, 2.45) is 29.6 Å². The van der Waals surface area contributed by atoms with Crippen molar-refractivity contribution in [3.8, 4) is 0 Å². The summed E-state index contributed by atoms with van der Waals surface area (Å²) in [5.74, 6) is -7.76. The Morgan fingerprint density at radius 3 is 2.22 bits per heavy atom. The lowest BCUT2D eigenvalue weighted by Crippen LogP contribution is -2.64. The van der Waals surface area contributed by atoms with Crippen molar-refractivity contribution in [2.75, 3.05) is 27.9 Å². The maximum Gasteiger partial charge on any atom is 0.329 e. The van der Waals surface area contributed by atoms with Gasteiger partial charge in [-0.05, 0) is 95.5 Å². The van der Waals surface area contributed by atoms with Crippen molar-refractivity contribution in [2.45, 2.75) is 160 Å². The number of ketones is 2. The summed E-state index contributed by atoms with van der Waals surface area (Å²) >= 11 is 0. The number of Topliss-reactive ketones (excluding diaryl/α,β-unsaturated/α-hetero) is 2. The third-order valence-corrected chi connectivity index (χ3v) is 12.9. The van der Waals surface area contributed by atoms with E-state index in [4.69, 9.17) is 23.7 Å². The standard InChI is InChI=1S/C44H69NO12.H2O/c1-10-13-31-19-25(2)18-26(3)20-37(54-8)40-38(55-9)22-28(5)44(52,57-40)41(49)42(50)45-17-12-11-14-32(45)43(51)56-39(29(6)34(47)24-35(31)48)27(4)21-30-15-16-33(46)36(23-30)53-7;/h10,19,21,26,28-34,36-40,46-47,52H,1,11-18,20,22-24H2,2-9H3;1H2/b25-19?,27-21+;/t26-,28+,29+,30?,31+,32-,33+,34-,36+,37-,38-,39+,40+,44+;/m0./s1. The molecule has 1 amide bonds. The van der Waals surface area contributed by atoms with Crippen molar-refractivity contribution in [3.05, 3.63) is 36.0 Å². The van der Waals surface area contributed by atoms with Crippen molar-refractivity contribution in [1.29, 1.82) is 0 Å². The minimum absolute atomic E-state index is 0. The van der Waals surface area contributed by atoms with Crippen LogP contribution in [0.25, 0.3) is 0 Å². The number of methoxy groups -OCH3 is 3. The summed E-state index contributed by atoms with van der Waals surface area (Å²) in [7, 11) is 4.61. The number of hydrogen-bond donors (Lipinski definition) is 3. The normalized spacial score (nSPS) is 39.4. The minimum Gasteiger partial charge on any atom is -0.456 e. The van der Waals surface area contributed by atoms with Crippen LogP contribution in [0, 0.1) is 29.6 Å². The Labute approximate surface area is 344 Å². The Hall–Kier alpha value is -2.82. The fourth-order valence-electron chi connectivity index (χ4n) is 9.42. The van der Waals surface area contributed by atoms with Gasteiger partial charge >= 0.3 is 5.97 Å². The van der Waals surface area contributed by atoms with Crippen LogP contribution in [0.1, 0.15) is 105 Å². The van der Waals surface area contributed by atoms with Gasteiger partial charge in [0.15, 0.2) is 0 Å². The lowest BCUT2D eigenvalue weighted by molar-refractivity contribution is -0.302. The summed E-state index contributed by atoms with van der Waals surface area (Å²) in [6.45, 7) is 13.1. The van der Waals surface area contributed by atoms with Gasteiger partial charge in [0.2, 0.25) is 5.79 Å². The van der Waals surface area contributed by atoms with E-state index in [2.05, 4.69) is 6.58 Å². The number of nitrogens with zero attached hydrogens (tertiary/aromatic N) is 1. The summed E-state index contributed by atoms with van der Waals surface area (Å²) in [5, 5.41) is 34.1. The zero-order valence-electron chi connectivity index (χ0n) is 35.9. The quantitative estimate of drug-likeness (QED) is 0.190. The van der Waals surface area contributed by atoms with Crippen LogP contribution in [0.2, 0.25) is 0 Å². The van der Waals surface area contributed by atoms with E-state index in [1.807, 2.05) is 32.9 Å². The lowest BCUT2D eigenvalue weighted by Gasteiger charge is -2.47. The number of rotatable bonds is 7. The Bertz CT molecular complexity index is 1480. The molecule has 4 rings (SSSR count). The molecule has 3 fully saturated rings. The second-order valence-electron chi connectivity index (χ2n) is 17.3. The predicted molar refractivity (Wildman–Crippen MR) is 216 cm³/mol. The van der Waals surface area contributed by atoms with Crippen LogP contribution >= 0.6 is 0 Å². The summed E-state index contributed by atoms with van der Waals surface area (Å²) in [5.41, 5.74) is 1.61. The smallest absolute Gasteiger partial charge is 0.329 e. The van der Waals surface area contributed by atoms with Crippen LogP contribution in [-0.2, 0) is 42.9 Å². The van der Waals surface area contributed by atoms with E-state index >= 15 is 0 Å². The molecule has 0 radical (unpaired) electrons. The molecular formula is C44H71NO13. The summed E-state index contributed by atoms with van der Waals surface area (Å²) in [4.78, 5) is 57.8. The molecule has 1 aliphatic carbocycles. The first-order valence-electron chi connectivity index (χ1n) is 20.9. The molecule has 2 bridgehead atoms. The monoisotopic (exact) mass is 821 g/mol. The largest absolute Gasteiger partial charge is 0.456 e. The highest BCUT2D eigenvalue weighted by atomic mass is 16.7. The van der Waals surface area contributed by atoms with Gasteiger partial charge in [-0.1, -0.05) is 44.6 Å². The van der Waals surface area contributed by atoms with E-state index in [-0.39, 0.29) is 55.0 Å². The number of amides is 1. The highest BCUT2D eigenvalue weighted by molar-refractivity contribution is 6.39. The molecule has 0 aromatic carbocycles. The number of carbonyl (C=O) groups is 4. The first-order chi connectivity index (χ1) is 27.0. The topological polar surface area (TPSA) is 210 Å². The highest BCUT2D eigenvalue weighted by Crippen LogP contribution is 2.39. The third kappa shape index (κ3) is 11.7. The Morgan fingerprint density at radius 2 is 1.59 bits per heavy atom. The lowest BCUT2D eigenvalue weighted by atomic mass is 9.81. The first-order valence-corrected chi connectivity index (χ1v) is 20.9. The van der Waals surface area contributed by atoms with Gasteiger partial charge in [-0.25, -0.2) is 4.79 Å². The van der Waals surface area contributed by atoms with Gasteiger partial charge in [0.05, 0.1) is 30.5 Å². The van der Waals surface area contributed by atoms with E-state index in [1.165, 1.54) is 19.1 Å². The maximum absolute atomic E-state index is 14.3. The number of cyclic esters (lactones) is 1. The average molecular weight is 822 g/mol. The number of piperidine rings is 1. The first kappa shape index (κ1) is 49.5. The van der Waals surface area contributed by atoms with Gasteiger partial charge < -0.3 is 49.4 Å². The maximum atomic E-state index is 14.3. The zero-order chi connectivity index (χ0) is 42.2. The number of allylic oxidation sites excluding steroid dienone is 4. The van der Waals surface area contributed by atoms with Gasteiger partial charge in [0, 0.05) is 52.0 Å². The highest BCUT2D eigenvalue weighted by Gasteiger charge is 2.56. The van der Waals surface area contributed by atoms with Crippen LogP contribution in [0.3, 0.4) is 0 Å². The molecule has 0 aromatic heterocycles. The molecule has 3 aliphatic heterocycles. The molecule has 4 aliphatic rings. The van der Waals surface area contributed by atoms with Crippen molar-refractivity contribution < 1.29 is 63.7 Å². The van der Waals surface area contributed by atoms with Crippen LogP contribution in [0.5, 0.6) is 0 Å². The Kier molecular flexibility index (Phi) is 18.9. The van der Waals surface area contributed by atoms with Crippen LogP contribution in [0.15, 0.2) is 36.0 Å². The molecule has 3 heterocycles. The Balaban J connectivity index is 0.00000900. The van der Waals surface area contributed by atoms with E-state index in [1.54, 1.807) is 27.0 Å². The molecule has 0 aromatic rings. The van der Waals surface area contributed by atoms with E-state index in [0.717, 1.165) is 5.57 Å². The fraction of sp³-hybridized carbons (Fsp3) is 0.773. The van der Waals surface area contributed by atoms with E-state index < -0.39 is 83.9 Å². The number of carbonyl (C=O) groups excluding carboxylic acids is 4. The summed E-state index contributed by atoms with van der Waals surface area (Å²) in [6, 6.07) is -1.14. The average Bonchev–Trinajstić information content (AvgIpc) is 3.18. The molecule has 14 atom stereocenters. The third-order valence-electron chi connectivity index (χ3n) is 12.9. The number of aliphatic hydroxyl groups excluding tert-OH is 2. The molecular weight excluding hydrogens is 750 g/mol. The molecule has 14 nitrogen and oxygen atoms in total. The van der Waals surface area contributed by atoms with Crippen molar-refractivity contribution in [3.63, 3.8) is 0 Å². The number of hydrogen-bond acceptors (Lipinski definition) is 12. The number of ether oxygens (including phenoxy) is 5. The molecule has 1 saturated carbocycles. The van der Waals surface area contributed by atoms with Gasteiger partial charge in [-0.3, -0.25) is 14.4 Å². The molecule has 330 valence electrons. The second-order valence-corrected chi connectivity index (χ2v) is 17.3. The summed E-state index contributed by atoms with van der Waals surface area (Å²) in [6.07, 6.45) is 4.93.